The number of nitrogens with zero attached hydrogens (tertiary/aromatic N) is 2. The fourth-order valence-corrected chi connectivity index (χ4v) is 3.29. The van der Waals surface area contributed by atoms with Crippen LogP contribution in [0.5, 0.6) is 5.75 Å². The van der Waals surface area contributed by atoms with Crippen LogP contribution in [0.25, 0.3) is 0 Å². The third-order valence-electron chi connectivity index (χ3n) is 4.55. The lowest BCUT2D eigenvalue weighted by molar-refractivity contribution is -0.123. The fourth-order valence-electron chi connectivity index (χ4n) is 3.29. The molecule has 3 heterocycles. The van der Waals surface area contributed by atoms with E-state index in [2.05, 4.69) is 21.0 Å². The molecular weight excluding hydrogens is 322 g/mol. The van der Waals surface area contributed by atoms with Gasteiger partial charge in [-0.25, -0.2) is 4.68 Å². The van der Waals surface area contributed by atoms with Gasteiger partial charge in [-0.1, -0.05) is 0 Å². The second-order valence-electron chi connectivity index (χ2n) is 6.16. The average Bonchev–Trinajstić information content (AvgIpc) is 3.03. The second-order valence-corrected chi connectivity index (χ2v) is 6.16. The summed E-state index contributed by atoms with van der Waals surface area (Å²) >= 11 is 0. The number of aromatic nitrogens is 2. The van der Waals surface area contributed by atoms with Gasteiger partial charge in [0.05, 0.1) is 19.2 Å². The molecule has 4 rings (SSSR count). The van der Waals surface area contributed by atoms with Gasteiger partial charge in [0, 0.05) is 25.2 Å². The molecular formula is C17H19N5O3. The Bertz CT molecular complexity index is 845. The molecule has 0 spiro atoms. The number of nitrogens with one attached hydrogen (secondary N) is 3. The SMILES string of the molecule is COc1ccc2c(c1)C(C(=O)Nc1cnn3c1NCCC3)CC(=O)N2. The Morgan fingerprint density at radius 1 is 1.44 bits per heavy atom. The van der Waals surface area contributed by atoms with E-state index in [1.165, 1.54) is 0 Å². The zero-order valence-corrected chi connectivity index (χ0v) is 13.8. The van der Waals surface area contributed by atoms with Gasteiger partial charge in [-0.3, -0.25) is 9.59 Å². The first-order valence-electron chi connectivity index (χ1n) is 8.24. The zero-order chi connectivity index (χ0) is 17.4. The van der Waals surface area contributed by atoms with Crippen molar-refractivity contribution in [2.75, 3.05) is 29.6 Å². The molecule has 1 aromatic heterocycles. The van der Waals surface area contributed by atoms with Gasteiger partial charge >= 0.3 is 0 Å². The first-order chi connectivity index (χ1) is 12.2. The van der Waals surface area contributed by atoms with E-state index in [0.717, 1.165) is 30.9 Å². The molecule has 0 bridgehead atoms. The van der Waals surface area contributed by atoms with E-state index < -0.39 is 5.92 Å². The van der Waals surface area contributed by atoms with E-state index in [9.17, 15) is 9.59 Å². The van der Waals surface area contributed by atoms with Gasteiger partial charge in [0.2, 0.25) is 11.8 Å². The molecule has 25 heavy (non-hydrogen) atoms. The number of amides is 2. The normalized spacial score (nSPS) is 18.4. The Hall–Kier alpha value is -3.03. The number of ether oxygens (including phenoxy) is 1. The Morgan fingerprint density at radius 2 is 2.32 bits per heavy atom. The van der Waals surface area contributed by atoms with Gasteiger partial charge in [0.1, 0.15) is 17.3 Å². The second kappa shape index (κ2) is 6.12. The lowest BCUT2D eigenvalue weighted by Gasteiger charge is -2.25. The molecule has 1 unspecified atom stereocenters. The number of methoxy groups -OCH3 is 1. The highest BCUT2D eigenvalue weighted by Gasteiger charge is 2.32. The predicted octanol–water partition coefficient (Wildman–Crippen LogP) is 1.77. The van der Waals surface area contributed by atoms with E-state index in [1.807, 2.05) is 4.68 Å². The average molecular weight is 341 g/mol. The number of fused-ring (bicyclic) bond motifs is 2. The summed E-state index contributed by atoms with van der Waals surface area (Å²) in [7, 11) is 1.57. The summed E-state index contributed by atoms with van der Waals surface area (Å²) in [5.41, 5.74) is 2.04. The van der Waals surface area contributed by atoms with E-state index in [4.69, 9.17) is 4.74 Å². The van der Waals surface area contributed by atoms with Gasteiger partial charge in [-0.15, -0.1) is 0 Å². The Kier molecular flexibility index (Phi) is 3.79. The summed E-state index contributed by atoms with van der Waals surface area (Å²) in [6, 6.07) is 5.32. The molecule has 8 heteroatoms. The van der Waals surface area contributed by atoms with Crippen LogP contribution in [0.3, 0.4) is 0 Å². The summed E-state index contributed by atoms with van der Waals surface area (Å²) in [4.78, 5) is 24.8. The summed E-state index contributed by atoms with van der Waals surface area (Å²) < 4.78 is 7.08. The maximum Gasteiger partial charge on any atom is 0.232 e. The molecule has 130 valence electrons. The Balaban J connectivity index is 1.62. The molecule has 0 saturated heterocycles. The van der Waals surface area contributed by atoms with E-state index >= 15 is 0 Å². The van der Waals surface area contributed by atoms with Gasteiger partial charge in [-0.2, -0.15) is 5.10 Å². The minimum Gasteiger partial charge on any atom is -0.497 e. The maximum atomic E-state index is 12.9. The van der Waals surface area contributed by atoms with Crippen molar-refractivity contribution in [3.05, 3.63) is 30.0 Å². The van der Waals surface area contributed by atoms with E-state index in [1.54, 1.807) is 31.5 Å². The van der Waals surface area contributed by atoms with Crippen LogP contribution in [0.15, 0.2) is 24.4 Å². The fraction of sp³-hybridized carbons (Fsp3) is 0.353. The molecule has 0 saturated carbocycles. The number of anilines is 3. The summed E-state index contributed by atoms with van der Waals surface area (Å²) in [5.74, 6) is 0.487. The van der Waals surface area contributed by atoms with Crippen LogP contribution in [0.4, 0.5) is 17.2 Å². The van der Waals surface area contributed by atoms with Crippen molar-refractivity contribution in [2.45, 2.75) is 25.3 Å². The highest BCUT2D eigenvalue weighted by molar-refractivity contribution is 6.06. The largest absolute Gasteiger partial charge is 0.497 e. The zero-order valence-electron chi connectivity index (χ0n) is 13.8. The number of hydrogen-bond donors (Lipinski definition) is 3. The number of carbonyl (C=O) groups is 2. The van der Waals surface area contributed by atoms with Crippen LogP contribution in [0, 0.1) is 0 Å². The molecule has 0 radical (unpaired) electrons. The molecule has 8 nitrogen and oxygen atoms in total. The van der Waals surface area contributed by atoms with Crippen molar-refractivity contribution in [3.63, 3.8) is 0 Å². The molecule has 3 N–H and O–H groups in total. The van der Waals surface area contributed by atoms with Crippen LogP contribution in [0.2, 0.25) is 0 Å². The summed E-state index contributed by atoms with van der Waals surface area (Å²) in [6.45, 7) is 1.67. The molecule has 2 aromatic rings. The maximum absolute atomic E-state index is 12.9. The standard InChI is InChI=1S/C17H19N5O3/c1-25-10-3-4-13-11(7-10)12(8-15(23)20-13)17(24)21-14-9-19-22-6-2-5-18-16(14)22/h3-4,7,9,12,18H,2,5-6,8H2,1H3,(H,20,23)(H,21,24). The molecule has 0 aliphatic carbocycles. The van der Waals surface area contributed by atoms with Crippen LogP contribution in [-0.4, -0.2) is 35.2 Å². The lowest BCUT2D eigenvalue weighted by Crippen LogP contribution is -2.31. The Morgan fingerprint density at radius 3 is 3.16 bits per heavy atom. The van der Waals surface area contributed by atoms with Gasteiger partial charge in [0.15, 0.2) is 0 Å². The third kappa shape index (κ3) is 2.79. The lowest BCUT2D eigenvalue weighted by atomic mass is 9.89. The van der Waals surface area contributed by atoms with Crippen LogP contribution in [-0.2, 0) is 16.1 Å². The molecule has 2 aliphatic heterocycles. The Labute approximate surface area is 144 Å². The molecule has 2 aliphatic rings. The minimum atomic E-state index is -0.571. The molecule has 0 fully saturated rings. The quantitative estimate of drug-likeness (QED) is 0.790. The van der Waals surface area contributed by atoms with Crippen LogP contribution >= 0.6 is 0 Å². The number of benzene rings is 1. The minimum absolute atomic E-state index is 0.100. The smallest absolute Gasteiger partial charge is 0.232 e. The van der Waals surface area contributed by atoms with Crippen LogP contribution < -0.4 is 20.7 Å². The van der Waals surface area contributed by atoms with E-state index in [0.29, 0.717) is 17.1 Å². The molecule has 1 atom stereocenters. The summed E-state index contributed by atoms with van der Waals surface area (Å²) in [6.07, 6.45) is 2.74. The number of rotatable bonds is 3. The van der Waals surface area contributed by atoms with Gasteiger partial charge in [-0.05, 0) is 30.2 Å². The van der Waals surface area contributed by atoms with Crippen molar-refractivity contribution >= 4 is 29.0 Å². The van der Waals surface area contributed by atoms with Crippen LogP contribution in [0.1, 0.15) is 24.3 Å². The predicted molar refractivity (Wildman–Crippen MR) is 92.9 cm³/mol. The first kappa shape index (κ1) is 15.5. The summed E-state index contributed by atoms with van der Waals surface area (Å²) in [5, 5.41) is 13.2. The number of aryl methyl sites for hydroxylation is 1. The van der Waals surface area contributed by atoms with Crippen molar-refractivity contribution in [1.82, 2.24) is 9.78 Å². The monoisotopic (exact) mass is 341 g/mol. The van der Waals surface area contributed by atoms with Crippen molar-refractivity contribution in [1.29, 1.82) is 0 Å². The first-order valence-corrected chi connectivity index (χ1v) is 8.24. The van der Waals surface area contributed by atoms with Gasteiger partial charge < -0.3 is 20.7 Å². The third-order valence-corrected chi connectivity index (χ3v) is 4.55. The molecule has 1 aromatic carbocycles. The molecule has 2 amide bonds. The van der Waals surface area contributed by atoms with Crippen molar-refractivity contribution < 1.29 is 14.3 Å². The topological polar surface area (TPSA) is 97.3 Å². The highest BCUT2D eigenvalue weighted by Crippen LogP contribution is 2.36. The van der Waals surface area contributed by atoms with Crippen molar-refractivity contribution in [2.24, 2.45) is 0 Å². The number of hydrogen-bond acceptors (Lipinski definition) is 5. The van der Waals surface area contributed by atoms with Crippen molar-refractivity contribution in [3.8, 4) is 5.75 Å². The van der Waals surface area contributed by atoms with E-state index in [-0.39, 0.29) is 18.2 Å². The number of carbonyl (C=O) groups excluding carboxylic acids is 2. The van der Waals surface area contributed by atoms with Gasteiger partial charge in [0.25, 0.3) is 0 Å². The highest BCUT2D eigenvalue weighted by atomic mass is 16.5.